The van der Waals surface area contributed by atoms with E-state index in [4.69, 9.17) is 25.8 Å². The van der Waals surface area contributed by atoms with Gasteiger partial charge in [-0.15, -0.1) is 11.6 Å². The van der Waals surface area contributed by atoms with Crippen LogP contribution in [0, 0.1) is 0 Å². The molecule has 0 saturated heterocycles. The third-order valence-corrected chi connectivity index (χ3v) is 9.45. The molecule has 0 fully saturated rings. The summed E-state index contributed by atoms with van der Waals surface area (Å²) in [4.78, 5) is 4.78. The predicted octanol–water partition coefficient (Wildman–Crippen LogP) is 5.02. The molecule has 1 heterocycles. The van der Waals surface area contributed by atoms with Crippen molar-refractivity contribution in [2.24, 2.45) is 4.99 Å². The van der Waals surface area contributed by atoms with Crippen LogP contribution in [0.25, 0.3) is 0 Å². The standard InChI is InChI=1S/C19H28ClNO2Si/c1-19(2,3)24(4,5)22-14-16-17(12-9-13-20)23-18(21-16)15-10-7-6-8-11-15/h6-12,16-17H,13-14H2,1-5H3/b12-9+/t16-,17-/m0/s1. The van der Waals surface area contributed by atoms with Crippen molar-refractivity contribution in [2.75, 3.05) is 12.5 Å². The van der Waals surface area contributed by atoms with E-state index < -0.39 is 8.32 Å². The van der Waals surface area contributed by atoms with Crippen LogP contribution < -0.4 is 0 Å². The number of rotatable bonds is 6. The Kier molecular flexibility index (Phi) is 6.29. The van der Waals surface area contributed by atoms with E-state index >= 15 is 0 Å². The zero-order valence-corrected chi connectivity index (χ0v) is 17.0. The van der Waals surface area contributed by atoms with Crippen molar-refractivity contribution in [2.45, 2.75) is 51.0 Å². The number of nitrogens with zero attached hydrogens (tertiary/aromatic N) is 1. The first-order valence-electron chi connectivity index (χ1n) is 8.41. The van der Waals surface area contributed by atoms with Gasteiger partial charge in [0.15, 0.2) is 8.32 Å². The van der Waals surface area contributed by atoms with E-state index in [0.717, 1.165) is 5.56 Å². The number of hydrogen-bond acceptors (Lipinski definition) is 3. The molecule has 1 aliphatic heterocycles. The molecule has 5 heteroatoms. The predicted molar refractivity (Wildman–Crippen MR) is 105 cm³/mol. The lowest BCUT2D eigenvalue weighted by molar-refractivity contribution is 0.186. The molecule has 1 aromatic rings. The second-order valence-electron chi connectivity index (χ2n) is 7.60. The molecule has 1 aromatic carbocycles. The van der Waals surface area contributed by atoms with Gasteiger partial charge >= 0.3 is 0 Å². The highest BCUT2D eigenvalue weighted by molar-refractivity contribution is 6.74. The van der Waals surface area contributed by atoms with Crippen molar-refractivity contribution >= 4 is 25.8 Å². The molecular formula is C19H28ClNO2Si. The van der Waals surface area contributed by atoms with Crippen LogP contribution in [-0.2, 0) is 9.16 Å². The third-order valence-electron chi connectivity index (χ3n) is 4.77. The van der Waals surface area contributed by atoms with Gasteiger partial charge in [0, 0.05) is 11.4 Å². The zero-order chi connectivity index (χ0) is 17.8. The van der Waals surface area contributed by atoms with Crippen LogP contribution in [-0.4, -0.2) is 38.8 Å². The van der Waals surface area contributed by atoms with Crippen molar-refractivity contribution in [3.63, 3.8) is 0 Å². The molecule has 0 amide bonds. The Balaban J connectivity index is 2.14. The van der Waals surface area contributed by atoms with Crippen LogP contribution in [0.15, 0.2) is 47.5 Å². The lowest BCUT2D eigenvalue weighted by Crippen LogP contribution is -2.43. The monoisotopic (exact) mass is 365 g/mol. The van der Waals surface area contributed by atoms with Gasteiger partial charge in [0.05, 0.1) is 6.61 Å². The maximum Gasteiger partial charge on any atom is 0.217 e. The number of aliphatic imine (C=N–C) groups is 1. The quantitative estimate of drug-likeness (QED) is 0.402. The lowest BCUT2D eigenvalue weighted by atomic mass is 10.2. The molecular weight excluding hydrogens is 338 g/mol. The minimum Gasteiger partial charge on any atom is -0.468 e. The highest BCUT2D eigenvalue weighted by atomic mass is 35.5. The van der Waals surface area contributed by atoms with Crippen molar-refractivity contribution in [3.05, 3.63) is 48.0 Å². The highest BCUT2D eigenvalue weighted by Crippen LogP contribution is 2.37. The van der Waals surface area contributed by atoms with Crippen LogP contribution >= 0.6 is 11.6 Å². The highest BCUT2D eigenvalue weighted by Gasteiger charge is 2.39. The van der Waals surface area contributed by atoms with Crippen molar-refractivity contribution in [1.29, 1.82) is 0 Å². The number of halogens is 1. The van der Waals surface area contributed by atoms with E-state index in [2.05, 4.69) is 33.9 Å². The Morgan fingerprint density at radius 2 is 1.92 bits per heavy atom. The van der Waals surface area contributed by atoms with Crippen LogP contribution in [0.2, 0.25) is 18.1 Å². The Morgan fingerprint density at radius 1 is 1.25 bits per heavy atom. The van der Waals surface area contributed by atoms with Gasteiger partial charge < -0.3 is 9.16 Å². The van der Waals surface area contributed by atoms with E-state index in [1.54, 1.807) is 0 Å². The van der Waals surface area contributed by atoms with Gasteiger partial charge in [0.25, 0.3) is 0 Å². The van der Waals surface area contributed by atoms with Crippen LogP contribution in [0.5, 0.6) is 0 Å². The van der Waals surface area contributed by atoms with E-state index in [1.807, 2.05) is 42.5 Å². The Hall–Kier alpha value is -1.10. The van der Waals surface area contributed by atoms with Crippen molar-refractivity contribution in [1.82, 2.24) is 0 Å². The smallest absolute Gasteiger partial charge is 0.217 e. The normalized spacial score (nSPS) is 21.8. The van der Waals surface area contributed by atoms with Crippen LogP contribution in [0.4, 0.5) is 0 Å². The second kappa shape index (κ2) is 7.85. The maximum atomic E-state index is 6.36. The molecule has 0 N–H and O–H groups in total. The average molecular weight is 366 g/mol. The molecule has 2 rings (SSSR count). The number of alkyl halides is 1. The second-order valence-corrected chi connectivity index (χ2v) is 12.7. The van der Waals surface area contributed by atoms with E-state index in [0.29, 0.717) is 18.4 Å². The number of ether oxygens (including phenoxy) is 1. The van der Waals surface area contributed by atoms with E-state index in [1.165, 1.54) is 0 Å². The summed E-state index contributed by atoms with van der Waals surface area (Å²) in [5.41, 5.74) is 0.997. The first-order chi connectivity index (χ1) is 11.2. The Bertz CT molecular complexity index is 593. The summed E-state index contributed by atoms with van der Waals surface area (Å²) < 4.78 is 12.4. The number of benzene rings is 1. The molecule has 0 radical (unpaired) electrons. The molecule has 132 valence electrons. The molecule has 24 heavy (non-hydrogen) atoms. The average Bonchev–Trinajstić information content (AvgIpc) is 2.94. The van der Waals surface area contributed by atoms with E-state index in [9.17, 15) is 0 Å². The van der Waals surface area contributed by atoms with Gasteiger partial charge in [-0.1, -0.05) is 45.0 Å². The summed E-state index contributed by atoms with van der Waals surface area (Å²) in [6.07, 6.45) is 3.78. The largest absolute Gasteiger partial charge is 0.468 e. The van der Waals surface area contributed by atoms with Gasteiger partial charge in [0.2, 0.25) is 5.90 Å². The minimum absolute atomic E-state index is 0.0335. The van der Waals surface area contributed by atoms with Gasteiger partial charge in [-0.25, -0.2) is 4.99 Å². The zero-order valence-electron chi connectivity index (χ0n) is 15.3. The molecule has 0 spiro atoms. The van der Waals surface area contributed by atoms with Gasteiger partial charge in [0.1, 0.15) is 12.1 Å². The summed E-state index contributed by atoms with van der Waals surface area (Å²) in [6.45, 7) is 11.8. The summed E-state index contributed by atoms with van der Waals surface area (Å²) in [5.74, 6) is 1.15. The SMILES string of the molecule is CC(C)(C)[Si](C)(C)OC[C@@H]1N=C(c2ccccc2)O[C@H]1/C=C/CCl. The fourth-order valence-electron chi connectivity index (χ4n) is 2.18. The molecule has 0 aliphatic carbocycles. The molecule has 0 aromatic heterocycles. The molecule has 3 nitrogen and oxygen atoms in total. The number of hydrogen-bond donors (Lipinski definition) is 0. The minimum atomic E-state index is -1.81. The van der Waals surface area contributed by atoms with Gasteiger partial charge in [-0.3, -0.25) is 0 Å². The Morgan fingerprint density at radius 3 is 2.50 bits per heavy atom. The third kappa shape index (κ3) is 4.71. The Labute approximate surface area is 151 Å². The molecule has 0 unspecified atom stereocenters. The fourth-order valence-corrected chi connectivity index (χ4v) is 3.30. The summed E-state index contributed by atoms with van der Waals surface area (Å²) in [7, 11) is -1.81. The maximum absolute atomic E-state index is 6.36. The molecule has 0 saturated carbocycles. The molecule has 1 aliphatic rings. The summed E-state index contributed by atoms with van der Waals surface area (Å²) in [6, 6.07) is 9.96. The number of allylic oxidation sites excluding steroid dienone is 1. The summed E-state index contributed by atoms with van der Waals surface area (Å²) >= 11 is 5.79. The van der Waals surface area contributed by atoms with Crippen LogP contribution in [0.3, 0.4) is 0 Å². The first kappa shape index (κ1) is 19.2. The van der Waals surface area contributed by atoms with Crippen molar-refractivity contribution < 1.29 is 9.16 Å². The molecule has 0 bridgehead atoms. The summed E-state index contributed by atoms with van der Waals surface area (Å²) in [5, 5.41) is 0.180. The lowest BCUT2D eigenvalue weighted by Gasteiger charge is -2.36. The van der Waals surface area contributed by atoms with E-state index in [-0.39, 0.29) is 17.2 Å². The van der Waals surface area contributed by atoms with Gasteiger partial charge in [-0.05, 0) is 36.3 Å². The van der Waals surface area contributed by atoms with Crippen LogP contribution in [0.1, 0.15) is 26.3 Å². The topological polar surface area (TPSA) is 30.8 Å². The van der Waals surface area contributed by atoms with Crippen molar-refractivity contribution in [3.8, 4) is 0 Å². The first-order valence-corrected chi connectivity index (χ1v) is 11.9. The van der Waals surface area contributed by atoms with Gasteiger partial charge in [-0.2, -0.15) is 0 Å². The fraction of sp³-hybridized carbons (Fsp3) is 0.526. The molecule has 2 atom stereocenters.